The summed E-state index contributed by atoms with van der Waals surface area (Å²) in [4.78, 5) is 33.2. The molecule has 2 aromatic heterocycles. The Hall–Kier alpha value is -3.93. The molecular formula is C29H32F3N7O2. The minimum absolute atomic E-state index is 0.0459. The van der Waals surface area contributed by atoms with E-state index in [2.05, 4.69) is 20.7 Å². The zero-order valence-electron chi connectivity index (χ0n) is 22.6. The molecule has 0 radical (unpaired) electrons. The number of carbonyl (C=O) groups is 2. The van der Waals surface area contributed by atoms with Crippen LogP contribution in [0.4, 0.5) is 24.8 Å². The Morgan fingerprint density at radius 1 is 1.10 bits per heavy atom. The Kier molecular flexibility index (Phi) is 7.18. The molecular weight excluding hydrogens is 535 g/mol. The standard InChI is InChI=1S/C29H32F3N7O2/c30-29(31,32)12-8-24(40)37-15-9-20(10-16-37)23-3-1-14-39-25(23)35-27(36-39)34-22-6-4-21(5-7-22)26(41)38-18-28(19-38)11-2-13-33-17-28/h1,3-7,9,14,33H,2,8,10-13,15-19H2,(H,34,36). The quantitative estimate of drug-likeness (QED) is 0.463. The minimum Gasteiger partial charge on any atom is -0.339 e. The number of rotatable bonds is 6. The van der Waals surface area contributed by atoms with Gasteiger partial charge in [0.1, 0.15) is 0 Å². The third-order valence-corrected chi connectivity index (χ3v) is 8.18. The number of nitrogens with one attached hydrogen (secondary N) is 2. The highest BCUT2D eigenvalue weighted by atomic mass is 19.4. The number of alkyl halides is 3. The fraction of sp³-hybridized carbons (Fsp3) is 0.448. The van der Waals surface area contributed by atoms with Crippen molar-refractivity contribution in [3.05, 3.63) is 59.8 Å². The van der Waals surface area contributed by atoms with E-state index in [4.69, 9.17) is 0 Å². The van der Waals surface area contributed by atoms with Gasteiger partial charge in [-0.2, -0.15) is 18.2 Å². The molecule has 5 heterocycles. The van der Waals surface area contributed by atoms with Crippen molar-refractivity contribution in [2.24, 2.45) is 5.41 Å². The predicted molar refractivity (Wildman–Crippen MR) is 148 cm³/mol. The van der Waals surface area contributed by atoms with Gasteiger partial charge in [-0.3, -0.25) is 9.59 Å². The van der Waals surface area contributed by atoms with E-state index in [1.807, 2.05) is 47.4 Å². The van der Waals surface area contributed by atoms with E-state index in [1.54, 1.807) is 10.7 Å². The van der Waals surface area contributed by atoms with Gasteiger partial charge < -0.3 is 20.4 Å². The number of piperidine rings is 1. The van der Waals surface area contributed by atoms with E-state index >= 15 is 0 Å². The van der Waals surface area contributed by atoms with E-state index in [9.17, 15) is 22.8 Å². The Balaban J connectivity index is 1.09. The molecule has 0 atom stereocenters. The minimum atomic E-state index is -4.34. The van der Waals surface area contributed by atoms with E-state index in [0.717, 1.165) is 49.4 Å². The zero-order chi connectivity index (χ0) is 28.6. The van der Waals surface area contributed by atoms with E-state index in [-0.39, 0.29) is 17.9 Å². The maximum atomic E-state index is 12.9. The lowest BCUT2D eigenvalue weighted by atomic mass is 9.74. The summed E-state index contributed by atoms with van der Waals surface area (Å²) in [6.45, 7) is 4.25. The number of hydrogen-bond donors (Lipinski definition) is 2. The SMILES string of the molecule is O=C(CCC(F)(F)F)N1CC=C(c2cccn3nc(Nc4ccc(C(=O)N5CC6(CCCNC6)C5)cc4)nc23)CC1. The number of halogens is 3. The highest BCUT2D eigenvalue weighted by Crippen LogP contribution is 2.37. The van der Waals surface area contributed by atoms with Gasteiger partial charge in [0.25, 0.3) is 5.91 Å². The van der Waals surface area contributed by atoms with E-state index in [0.29, 0.717) is 30.1 Å². The summed E-state index contributed by atoms with van der Waals surface area (Å²) >= 11 is 0. The third kappa shape index (κ3) is 5.92. The Morgan fingerprint density at radius 2 is 1.90 bits per heavy atom. The van der Waals surface area contributed by atoms with Crippen LogP contribution in [0.2, 0.25) is 0 Å². The van der Waals surface area contributed by atoms with Gasteiger partial charge in [0.15, 0.2) is 5.65 Å². The van der Waals surface area contributed by atoms with Crippen LogP contribution in [0.25, 0.3) is 11.2 Å². The molecule has 3 aliphatic rings. The van der Waals surface area contributed by atoms with Crippen molar-refractivity contribution in [3.8, 4) is 0 Å². The van der Waals surface area contributed by atoms with Gasteiger partial charge in [-0.25, -0.2) is 4.52 Å². The van der Waals surface area contributed by atoms with Gasteiger partial charge in [0, 0.05) is 67.6 Å². The molecule has 1 aromatic carbocycles. The van der Waals surface area contributed by atoms with Crippen molar-refractivity contribution < 1.29 is 22.8 Å². The Morgan fingerprint density at radius 3 is 2.59 bits per heavy atom. The first kappa shape index (κ1) is 27.3. The van der Waals surface area contributed by atoms with Crippen LogP contribution in [0.3, 0.4) is 0 Å². The van der Waals surface area contributed by atoms with Crippen molar-refractivity contribution >= 4 is 34.7 Å². The first-order chi connectivity index (χ1) is 19.7. The Bertz CT molecular complexity index is 1470. The summed E-state index contributed by atoms with van der Waals surface area (Å²) in [5.74, 6) is -0.0520. The van der Waals surface area contributed by atoms with Gasteiger partial charge in [-0.05, 0) is 67.8 Å². The largest absolute Gasteiger partial charge is 0.389 e. The van der Waals surface area contributed by atoms with Gasteiger partial charge in [0.2, 0.25) is 11.9 Å². The van der Waals surface area contributed by atoms with Gasteiger partial charge in [-0.15, -0.1) is 5.10 Å². The molecule has 0 saturated carbocycles. The molecule has 0 unspecified atom stereocenters. The first-order valence-electron chi connectivity index (χ1n) is 13.9. The van der Waals surface area contributed by atoms with Crippen LogP contribution in [-0.2, 0) is 4.79 Å². The fourth-order valence-corrected chi connectivity index (χ4v) is 5.97. The van der Waals surface area contributed by atoms with Crippen molar-refractivity contribution in [3.63, 3.8) is 0 Å². The molecule has 12 heteroatoms. The van der Waals surface area contributed by atoms with Crippen LogP contribution < -0.4 is 10.6 Å². The first-order valence-corrected chi connectivity index (χ1v) is 13.9. The average molecular weight is 568 g/mol. The molecule has 3 aromatic rings. The smallest absolute Gasteiger partial charge is 0.339 e. The number of amides is 2. The summed E-state index contributed by atoms with van der Waals surface area (Å²) in [5, 5.41) is 11.2. The third-order valence-electron chi connectivity index (χ3n) is 8.18. The summed E-state index contributed by atoms with van der Waals surface area (Å²) in [6.07, 6.45) is 0.511. The average Bonchev–Trinajstić information content (AvgIpc) is 3.37. The topological polar surface area (TPSA) is 94.9 Å². The van der Waals surface area contributed by atoms with Gasteiger partial charge in [-0.1, -0.05) is 6.08 Å². The van der Waals surface area contributed by atoms with Crippen molar-refractivity contribution in [1.82, 2.24) is 29.7 Å². The molecule has 0 bridgehead atoms. The van der Waals surface area contributed by atoms with Crippen LogP contribution in [0.1, 0.15) is 48.0 Å². The molecule has 216 valence electrons. The molecule has 2 N–H and O–H groups in total. The number of hydrogen-bond acceptors (Lipinski definition) is 6. The van der Waals surface area contributed by atoms with E-state index < -0.39 is 24.9 Å². The van der Waals surface area contributed by atoms with Crippen LogP contribution in [-0.4, -0.2) is 81.7 Å². The fourth-order valence-electron chi connectivity index (χ4n) is 5.97. The number of nitrogens with zero attached hydrogens (tertiary/aromatic N) is 5. The molecule has 3 aliphatic heterocycles. The lowest BCUT2D eigenvalue weighted by Gasteiger charge is -2.52. The maximum Gasteiger partial charge on any atom is 0.389 e. The van der Waals surface area contributed by atoms with Crippen molar-refractivity contribution in [2.75, 3.05) is 44.6 Å². The molecule has 1 spiro atoms. The molecule has 6 rings (SSSR count). The van der Waals surface area contributed by atoms with Crippen LogP contribution in [0, 0.1) is 5.41 Å². The highest BCUT2D eigenvalue weighted by Gasteiger charge is 2.45. The second kappa shape index (κ2) is 10.8. The summed E-state index contributed by atoms with van der Waals surface area (Å²) in [6, 6.07) is 11.1. The van der Waals surface area contributed by atoms with E-state index in [1.165, 1.54) is 11.3 Å². The predicted octanol–water partition coefficient (Wildman–Crippen LogP) is 4.26. The molecule has 41 heavy (non-hydrogen) atoms. The molecule has 9 nitrogen and oxygen atoms in total. The number of anilines is 2. The highest BCUT2D eigenvalue weighted by molar-refractivity contribution is 5.95. The number of benzene rings is 1. The normalized spacial score (nSPS) is 18.8. The lowest BCUT2D eigenvalue weighted by Crippen LogP contribution is -2.63. The molecule has 2 amide bonds. The maximum absolute atomic E-state index is 12.9. The van der Waals surface area contributed by atoms with Crippen LogP contribution >= 0.6 is 0 Å². The molecule has 2 saturated heterocycles. The number of fused-ring (bicyclic) bond motifs is 1. The van der Waals surface area contributed by atoms with Crippen molar-refractivity contribution in [2.45, 2.75) is 38.3 Å². The summed E-state index contributed by atoms with van der Waals surface area (Å²) in [5.41, 5.74) is 4.10. The summed E-state index contributed by atoms with van der Waals surface area (Å²) < 4.78 is 39.1. The van der Waals surface area contributed by atoms with Crippen molar-refractivity contribution in [1.29, 1.82) is 0 Å². The number of pyridine rings is 1. The molecule has 2 fully saturated rings. The van der Waals surface area contributed by atoms with Crippen LogP contribution in [0.5, 0.6) is 0 Å². The van der Waals surface area contributed by atoms with Crippen LogP contribution in [0.15, 0.2) is 48.7 Å². The zero-order valence-corrected chi connectivity index (χ0v) is 22.6. The molecule has 0 aliphatic carbocycles. The number of carbonyl (C=O) groups excluding carboxylic acids is 2. The lowest BCUT2D eigenvalue weighted by molar-refractivity contribution is -0.148. The summed E-state index contributed by atoms with van der Waals surface area (Å²) in [7, 11) is 0. The Labute approximate surface area is 235 Å². The number of aromatic nitrogens is 3. The van der Waals surface area contributed by atoms with Gasteiger partial charge >= 0.3 is 6.18 Å². The second-order valence-electron chi connectivity index (χ2n) is 11.2. The second-order valence-corrected chi connectivity index (χ2v) is 11.2. The van der Waals surface area contributed by atoms with Gasteiger partial charge in [0.05, 0.1) is 6.42 Å². The number of likely N-dealkylation sites (tertiary alicyclic amines) is 1. The monoisotopic (exact) mass is 567 g/mol.